The molecule has 2 aromatic rings. The molecule has 0 aliphatic rings. The molecule has 0 radical (unpaired) electrons. The highest BCUT2D eigenvalue weighted by molar-refractivity contribution is 7.98. The van der Waals surface area contributed by atoms with Crippen molar-refractivity contribution >= 4 is 11.8 Å². The summed E-state index contributed by atoms with van der Waals surface area (Å²) >= 11 is 1.75. The zero-order valence-electron chi connectivity index (χ0n) is 10.8. The monoisotopic (exact) mass is 280 g/mol. The highest BCUT2D eigenvalue weighted by Crippen LogP contribution is 2.27. The number of phenols is 2. The van der Waals surface area contributed by atoms with Gasteiger partial charge in [-0.1, -0.05) is 19.0 Å². The zero-order chi connectivity index (χ0) is 13.8. The van der Waals surface area contributed by atoms with E-state index < -0.39 is 0 Å². The lowest BCUT2D eigenvalue weighted by atomic mass is 10.2. The lowest BCUT2D eigenvalue weighted by molar-refractivity contribution is 0.422. The van der Waals surface area contributed by atoms with E-state index in [0.29, 0.717) is 28.9 Å². The molecule has 0 unspecified atom stereocenters. The highest BCUT2D eigenvalue weighted by Gasteiger charge is 2.11. The Labute approximate surface area is 115 Å². The summed E-state index contributed by atoms with van der Waals surface area (Å²) in [6, 6.07) is 4.19. The summed E-state index contributed by atoms with van der Waals surface area (Å²) in [6.45, 7) is 4.31. The standard InChI is InChI=1S/C13H16N2O3S/c1-8(2)6-19-7-12-14-13(18-15-12)9-3-10(16)5-11(17)4-9/h3-5,8,16-17H,6-7H2,1-2H3. The second-order valence-electron chi connectivity index (χ2n) is 4.66. The van der Waals surface area contributed by atoms with Crippen LogP contribution >= 0.6 is 11.8 Å². The van der Waals surface area contributed by atoms with Gasteiger partial charge < -0.3 is 14.7 Å². The van der Waals surface area contributed by atoms with Gasteiger partial charge in [-0.25, -0.2) is 0 Å². The fourth-order valence-electron chi connectivity index (χ4n) is 1.53. The van der Waals surface area contributed by atoms with Gasteiger partial charge in [0.05, 0.1) is 5.75 Å². The topological polar surface area (TPSA) is 79.4 Å². The minimum absolute atomic E-state index is 0.0380. The summed E-state index contributed by atoms with van der Waals surface area (Å²) in [5, 5.41) is 22.7. The van der Waals surface area contributed by atoms with Crippen molar-refractivity contribution in [3.63, 3.8) is 0 Å². The van der Waals surface area contributed by atoms with Crippen molar-refractivity contribution in [1.29, 1.82) is 0 Å². The largest absolute Gasteiger partial charge is 0.508 e. The Bertz CT molecular complexity index is 534. The molecule has 0 saturated carbocycles. The van der Waals surface area contributed by atoms with E-state index in [-0.39, 0.29) is 11.5 Å². The minimum Gasteiger partial charge on any atom is -0.508 e. The molecule has 1 aromatic heterocycles. The van der Waals surface area contributed by atoms with Gasteiger partial charge in [0.2, 0.25) is 0 Å². The fourth-order valence-corrected chi connectivity index (χ4v) is 2.42. The predicted octanol–water partition coefficient (Wildman–Crippen LogP) is 3.04. The molecule has 0 bridgehead atoms. The molecule has 2 N–H and O–H groups in total. The molecular formula is C13H16N2O3S. The second kappa shape index (κ2) is 5.97. The van der Waals surface area contributed by atoms with Gasteiger partial charge in [-0.15, -0.1) is 0 Å². The molecule has 19 heavy (non-hydrogen) atoms. The quantitative estimate of drug-likeness (QED) is 0.876. The average molecular weight is 280 g/mol. The SMILES string of the molecule is CC(C)CSCc1noc(-c2cc(O)cc(O)c2)n1. The molecule has 102 valence electrons. The third-order valence-electron chi connectivity index (χ3n) is 2.30. The molecule has 0 aliphatic carbocycles. The van der Waals surface area contributed by atoms with Crippen LogP contribution in [0, 0.1) is 5.92 Å². The Kier molecular flexibility index (Phi) is 4.31. The number of rotatable bonds is 5. The summed E-state index contributed by atoms with van der Waals surface area (Å²) in [4.78, 5) is 4.24. The lowest BCUT2D eigenvalue weighted by Crippen LogP contribution is -1.92. The lowest BCUT2D eigenvalue weighted by Gasteiger charge is -2.00. The Balaban J connectivity index is 2.07. The number of benzene rings is 1. The molecule has 0 amide bonds. The number of aromatic hydroxyl groups is 2. The first-order chi connectivity index (χ1) is 9.04. The normalized spacial score (nSPS) is 11.1. The molecular weight excluding hydrogens is 264 g/mol. The zero-order valence-corrected chi connectivity index (χ0v) is 11.6. The first kappa shape index (κ1) is 13.7. The van der Waals surface area contributed by atoms with Crippen LogP contribution in [0.3, 0.4) is 0 Å². The average Bonchev–Trinajstić information content (AvgIpc) is 2.76. The van der Waals surface area contributed by atoms with Gasteiger partial charge in [-0.05, 0) is 23.8 Å². The van der Waals surface area contributed by atoms with Crippen LogP contribution < -0.4 is 0 Å². The predicted molar refractivity (Wildman–Crippen MR) is 74.1 cm³/mol. The number of nitrogens with zero attached hydrogens (tertiary/aromatic N) is 2. The van der Waals surface area contributed by atoms with Gasteiger partial charge in [-0.2, -0.15) is 16.7 Å². The molecule has 0 fully saturated rings. The molecule has 0 aliphatic heterocycles. The molecule has 0 saturated heterocycles. The van der Waals surface area contributed by atoms with Crippen LogP contribution in [-0.4, -0.2) is 26.1 Å². The summed E-state index contributed by atoms with van der Waals surface area (Å²) < 4.78 is 5.12. The van der Waals surface area contributed by atoms with Crippen molar-refractivity contribution in [2.45, 2.75) is 19.6 Å². The van der Waals surface area contributed by atoms with Gasteiger partial charge in [0.15, 0.2) is 5.82 Å². The van der Waals surface area contributed by atoms with Gasteiger partial charge in [-0.3, -0.25) is 0 Å². The molecule has 1 aromatic carbocycles. The van der Waals surface area contributed by atoms with Crippen LogP contribution in [0.25, 0.3) is 11.5 Å². The Morgan fingerprint density at radius 2 is 1.89 bits per heavy atom. The Morgan fingerprint density at radius 3 is 2.53 bits per heavy atom. The van der Waals surface area contributed by atoms with E-state index in [1.165, 1.54) is 18.2 Å². The van der Waals surface area contributed by atoms with E-state index in [4.69, 9.17) is 4.52 Å². The molecule has 1 heterocycles. The number of phenolic OH excluding ortho intramolecular Hbond substituents is 2. The summed E-state index contributed by atoms with van der Waals surface area (Å²) in [7, 11) is 0. The molecule has 5 nitrogen and oxygen atoms in total. The van der Waals surface area contributed by atoms with Crippen molar-refractivity contribution in [3.8, 4) is 23.0 Å². The number of thioether (sulfide) groups is 1. The first-order valence-corrected chi connectivity index (χ1v) is 7.14. The van der Waals surface area contributed by atoms with Crippen LogP contribution in [0.1, 0.15) is 19.7 Å². The maximum absolute atomic E-state index is 9.41. The van der Waals surface area contributed by atoms with E-state index in [1.54, 1.807) is 11.8 Å². The summed E-state index contributed by atoms with van der Waals surface area (Å²) in [6.07, 6.45) is 0. The molecule has 2 rings (SSSR count). The highest BCUT2D eigenvalue weighted by atomic mass is 32.2. The number of hydrogen-bond acceptors (Lipinski definition) is 6. The van der Waals surface area contributed by atoms with Crippen LogP contribution in [0.2, 0.25) is 0 Å². The van der Waals surface area contributed by atoms with E-state index in [0.717, 1.165) is 5.75 Å². The smallest absolute Gasteiger partial charge is 0.258 e. The Hall–Kier alpha value is -1.69. The van der Waals surface area contributed by atoms with Crippen molar-refractivity contribution in [2.75, 3.05) is 5.75 Å². The molecule has 0 atom stereocenters. The molecule has 0 spiro atoms. The maximum atomic E-state index is 9.41. The van der Waals surface area contributed by atoms with Crippen molar-refractivity contribution in [3.05, 3.63) is 24.0 Å². The van der Waals surface area contributed by atoms with Crippen LogP contribution in [-0.2, 0) is 5.75 Å². The van der Waals surface area contributed by atoms with E-state index in [2.05, 4.69) is 24.0 Å². The first-order valence-electron chi connectivity index (χ1n) is 5.98. The van der Waals surface area contributed by atoms with Crippen LogP contribution in [0.4, 0.5) is 0 Å². The summed E-state index contributed by atoms with van der Waals surface area (Å²) in [5.41, 5.74) is 0.505. The van der Waals surface area contributed by atoms with Gasteiger partial charge >= 0.3 is 0 Å². The third-order valence-corrected chi connectivity index (χ3v) is 3.66. The van der Waals surface area contributed by atoms with Crippen molar-refractivity contribution in [1.82, 2.24) is 10.1 Å². The van der Waals surface area contributed by atoms with Crippen molar-refractivity contribution < 1.29 is 14.7 Å². The van der Waals surface area contributed by atoms with Gasteiger partial charge in [0.25, 0.3) is 5.89 Å². The third kappa shape index (κ3) is 3.89. The van der Waals surface area contributed by atoms with Crippen LogP contribution in [0.5, 0.6) is 11.5 Å². The van der Waals surface area contributed by atoms with E-state index in [1.807, 2.05) is 0 Å². The van der Waals surface area contributed by atoms with E-state index >= 15 is 0 Å². The number of hydrogen-bond donors (Lipinski definition) is 2. The summed E-state index contributed by atoms with van der Waals surface area (Å²) in [5.74, 6) is 3.19. The van der Waals surface area contributed by atoms with Gasteiger partial charge in [0, 0.05) is 11.6 Å². The Morgan fingerprint density at radius 1 is 1.21 bits per heavy atom. The fraction of sp³-hybridized carbons (Fsp3) is 0.385. The number of aromatic nitrogens is 2. The van der Waals surface area contributed by atoms with Gasteiger partial charge in [0.1, 0.15) is 11.5 Å². The van der Waals surface area contributed by atoms with Crippen LogP contribution in [0.15, 0.2) is 22.7 Å². The molecule has 6 heteroatoms. The maximum Gasteiger partial charge on any atom is 0.258 e. The van der Waals surface area contributed by atoms with Crippen molar-refractivity contribution in [2.24, 2.45) is 5.92 Å². The minimum atomic E-state index is -0.0380. The van der Waals surface area contributed by atoms with E-state index in [9.17, 15) is 10.2 Å². The second-order valence-corrected chi connectivity index (χ2v) is 5.69.